The highest BCUT2D eigenvalue weighted by atomic mass is 32.1. The lowest BCUT2D eigenvalue weighted by atomic mass is 9.87. The van der Waals surface area contributed by atoms with E-state index in [1.807, 2.05) is 19.2 Å². The van der Waals surface area contributed by atoms with Gasteiger partial charge in [0.15, 0.2) is 11.9 Å². The fourth-order valence-corrected chi connectivity index (χ4v) is 3.02. The SMILES string of the molecule is COC(C)(C)O[C@H]1C(=O)N(C(=O)c2cccs2)[C@H]1C(C)C. The zero-order chi connectivity index (χ0) is 15.8. The Balaban J connectivity index is 2.18. The van der Waals surface area contributed by atoms with Crippen LogP contribution in [0.3, 0.4) is 0 Å². The van der Waals surface area contributed by atoms with E-state index in [9.17, 15) is 9.59 Å². The highest BCUT2D eigenvalue weighted by Crippen LogP contribution is 2.34. The van der Waals surface area contributed by atoms with Crippen molar-refractivity contribution in [3.05, 3.63) is 22.4 Å². The fourth-order valence-electron chi connectivity index (χ4n) is 2.36. The van der Waals surface area contributed by atoms with E-state index in [1.165, 1.54) is 23.3 Å². The van der Waals surface area contributed by atoms with Crippen LogP contribution >= 0.6 is 11.3 Å². The lowest BCUT2D eigenvalue weighted by Crippen LogP contribution is -2.70. The molecule has 1 aromatic heterocycles. The first-order chi connectivity index (χ1) is 9.78. The van der Waals surface area contributed by atoms with Gasteiger partial charge in [-0.25, -0.2) is 0 Å². The van der Waals surface area contributed by atoms with E-state index in [-0.39, 0.29) is 23.8 Å². The molecule has 0 spiro atoms. The number of β-lactam (4-membered cyclic amide) rings is 1. The van der Waals surface area contributed by atoms with Gasteiger partial charge < -0.3 is 9.47 Å². The molecule has 2 amide bonds. The Morgan fingerprint density at radius 1 is 1.43 bits per heavy atom. The Hall–Kier alpha value is -1.24. The molecule has 2 heterocycles. The topological polar surface area (TPSA) is 55.8 Å². The van der Waals surface area contributed by atoms with Crippen LogP contribution in [0.15, 0.2) is 17.5 Å². The van der Waals surface area contributed by atoms with Crippen molar-refractivity contribution in [3.8, 4) is 0 Å². The fraction of sp³-hybridized carbons (Fsp3) is 0.600. The number of likely N-dealkylation sites (tertiary alicyclic amines) is 1. The van der Waals surface area contributed by atoms with E-state index >= 15 is 0 Å². The Morgan fingerprint density at radius 2 is 2.10 bits per heavy atom. The molecule has 1 aliphatic heterocycles. The van der Waals surface area contributed by atoms with Crippen LogP contribution in [-0.2, 0) is 14.3 Å². The predicted octanol–water partition coefficient (Wildman–Crippen LogP) is 2.52. The summed E-state index contributed by atoms with van der Waals surface area (Å²) < 4.78 is 11.0. The molecule has 116 valence electrons. The second kappa shape index (κ2) is 5.87. The maximum atomic E-state index is 12.4. The minimum atomic E-state index is -0.856. The summed E-state index contributed by atoms with van der Waals surface area (Å²) in [4.78, 5) is 26.6. The van der Waals surface area contributed by atoms with E-state index in [0.717, 1.165) is 0 Å². The summed E-state index contributed by atoms with van der Waals surface area (Å²) >= 11 is 1.33. The summed E-state index contributed by atoms with van der Waals surface area (Å²) in [5.41, 5.74) is 0. The molecule has 0 aromatic carbocycles. The average molecular weight is 311 g/mol. The van der Waals surface area contributed by atoms with Gasteiger partial charge in [-0.05, 0) is 31.2 Å². The third kappa shape index (κ3) is 3.02. The standard InChI is InChI=1S/C15H21NO4S/c1-9(2)11-12(20-15(3,4)19-5)14(18)16(11)13(17)10-7-6-8-21-10/h6-9,11-12H,1-5H3/t11-,12+/m0/s1. The van der Waals surface area contributed by atoms with Crippen LogP contribution in [0.5, 0.6) is 0 Å². The van der Waals surface area contributed by atoms with Gasteiger partial charge in [-0.2, -0.15) is 0 Å². The first-order valence-electron chi connectivity index (χ1n) is 6.92. The molecule has 2 atom stereocenters. The van der Waals surface area contributed by atoms with Gasteiger partial charge in [-0.15, -0.1) is 11.3 Å². The molecule has 0 N–H and O–H groups in total. The summed E-state index contributed by atoms with van der Waals surface area (Å²) in [6, 6.07) is 3.26. The van der Waals surface area contributed by atoms with Gasteiger partial charge in [0.1, 0.15) is 0 Å². The molecule has 0 bridgehead atoms. The molecule has 6 heteroatoms. The molecular weight excluding hydrogens is 290 g/mol. The molecule has 1 saturated heterocycles. The van der Waals surface area contributed by atoms with Crippen LogP contribution < -0.4 is 0 Å². The molecule has 0 saturated carbocycles. The van der Waals surface area contributed by atoms with Crippen molar-refractivity contribution >= 4 is 23.2 Å². The third-order valence-corrected chi connectivity index (χ3v) is 4.48. The molecule has 1 aliphatic rings. The minimum absolute atomic E-state index is 0.115. The summed E-state index contributed by atoms with van der Waals surface area (Å²) in [5.74, 6) is -1.28. The van der Waals surface area contributed by atoms with Crippen molar-refractivity contribution in [2.75, 3.05) is 7.11 Å². The van der Waals surface area contributed by atoms with Gasteiger partial charge in [0.05, 0.1) is 10.9 Å². The molecule has 2 rings (SSSR count). The van der Waals surface area contributed by atoms with Crippen molar-refractivity contribution in [2.24, 2.45) is 5.92 Å². The van der Waals surface area contributed by atoms with Crippen LogP contribution in [0.4, 0.5) is 0 Å². The monoisotopic (exact) mass is 311 g/mol. The number of hydrogen-bond donors (Lipinski definition) is 0. The molecule has 5 nitrogen and oxygen atoms in total. The normalized spacial score (nSPS) is 22.6. The molecule has 1 aromatic rings. The van der Waals surface area contributed by atoms with Gasteiger partial charge in [0, 0.05) is 7.11 Å². The summed E-state index contributed by atoms with van der Waals surface area (Å²) in [6.07, 6.45) is -0.635. The quantitative estimate of drug-likeness (QED) is 0.476. The number of ether oxygens (including phenoxy) is 2. The Kier molecular flexibility index (Phi) is 4.51. The molecule has 0 radical (unpaired) electrons. The van der Waals surface area contributed by atoms with Gasteiger partial charge in [0.25, 0.3) is 11.8 Å². The number of hydrogen-bond acceptors (Lipinski definition) is 5. The van der Waals surface area contributed by atoms with Crippen molar-refractivity contribution in [2.45, 2.75) is 45.6 Å². The minimum Gasteiger partial charge on any atom is -0.354 e. The van der Waals surface area contributed by atoms with Gasteiger partial charge in [-0.1, -0.05) is 19.9 Å². The van der Waals surface area contributed by atoms with Gasteiger partial charge >= 0.3 is 0 Å². The van der Waals surface area contributed by atoms with Crippen LogP contribution in [0.25, 0.3) is 0 Å². The first-order valence-corrected chi connectivity index (χ1v) is 7.80. The van der Waals surface area contributed by atoms with Crippen LogP contribution in [-0.4, -0.2) is 41.8 Å². The number of carbonyl (C=O) groups is 2. The second-order valence-electron chi connectivity index (χ2n) is 5.87. The zero-order valence-electron chi connectivity index (χ0n) is 13.0. The Morgan fingerprint density at radius 3 is 2.57 bits per heavy atom. The molecule has 21 heavy (non-hydrogen) atoms. The van der Waals surface area contributed by atoms with E-state index in [1.54, 1.807) is 26.0 Å². The molecule has 1 fully saturated rings. The number of carbonyl (C=O) groups excluding carboxylic acids is 2. The number of amides is 2. The van der Waals surface area contributed by atoms with E-state index in [0.29, 0.717) is 4.88 Å². The highest BCUT2D eigenvalue weighted by Gasteiger charge is 2.54. The number of imide groups is 1. The van der Waals surface area contributed by atoms with E-state index in [4.69, 9.17) is 9.47 Å². The van der Waals surface area contributed by atoms with Crippen molar-refractivity contribution < 1.29 is 19.1 Å². The Labute approximate surface area is 128 Å². The van der Waals surface area contributed by atoms with Crippen molar-refractivity contribution in [3.63, 3.8) is 0 Å². The average Bonchev–Trinajstić information content (AvgIpc) is 2.95. The number of nitrogens with zero attached hydrogens (tertiary/aromatic N) is 1. The second-order valence-corrected chi connectivity index (χ2v) is 6.82. The van der Waals surface area contributed by atoms with Crippen molar-refractivity contribution in [1.29, 1.82) is 0 Å². The molecule has 0 aliphatic carbocycles. The van der Waals surface area contributed by atoms with E-state index in [2.05, 4.69) is 0 Å². The van der Waals surface area contributed by atoms with Gasteiger partial charge in [0.2, 0.25) is 0 Å². The van der Waals surface area contributed by atoms with Crippen LogP contribution in [0.2, 0.25) is 0 Å². The maximum Gasteiger partial charge on any atom is 0.270 e. The van der Waals surface area contributed by atoms with Crippen molar-refractivity contribution in [1.82, 2.24) is 4.90 Å². The summed E-state index contributed by atoms with van der Waals surface area (Å²) in [5, 5.41) is 1.82. The number of rotatable bonds is 5. The largest absolute Gasteiger partial charge is 0.354 e. The zero-order valence-corrected chi connectivity index (χ0v) is 13.8. The summed E-state index contributed by atoms with van der Waals surface area (Å²) in [7, 11) is 1.53. The number of methoxy groups -OCH3 is 1. The third-order valence-electron chi connectivity index (χ3n) is 3.63. The van der Waals surface area contributed by atoms with E-state index < -0.39 is 11.9 Å². The maximum absolute atomic E-state index is 12.4. The van der Waals surface area contributed by atoms with Gasteiger partial charge in [-0.3, -0.25) is 14.5 Å². The first kappa shape index (κ1) is 16.1. The van der Waals surface area contributed by atoms with Crippen LogP contribution in [0, 0.1) is 5.92 Å². The molecular formula is C15H21NO4S. The smallest absolute Gasteiger partial charge is 0.270 e. The number of thiophene rings is 1. The molecule has 0 unspecified atom stereocenters. The lowest BCUT2D eigenvalue weighted by molar-refractivity contribution is -0.252. The predicted molar refractivity (Wildman–Crippen MR) is 80.1 cm³/mol. The highest BCUT2D eigenvalue weighted by molar-refractivity contribution is 7.12. The summed E-state index contributed by atoms with van der Waals surface area (Å²) in [6.45, 7) is 7.45. The lowest BCUT2D eigenvalue weighted by Gasteiger charge is -2.49. The Bertz CT molecular complexity index is 524. The van der Waals surface area contributed by atoms with Crippen LogP contribution in [0.1, 0.15) is 37.4 Å².